The number of amidine groups is 1. The first-order chi connectivity index (χ1) is 16.0. The van der Waals surface area contributed by atoms with Crippen molar-refractivity contribution in [2.75, 3.05) is 10.2 Å². The molecule has 0 aromatic heterocycles. The molecule has 0 bridgehead atoms. The molecular weight excluding hydrogens is 460 g/mol. The summed E-state index contributed by atoms with van der Waals surface area (Å²) in [4.78, 5) is 27.6. The van der Waals surface area contributed by atoms with Gasteiger partial charge in [0.05, 0.1) is 16.3 Å². The Hall–Kier alpha value is -3.88. The molecule has 0 atom stereocenters. The molecule has 3 aromatic carbocycles. The van der Waals surface area contributed by atoms with Gasteiger partial charge in [0.1, 0.15) is 5.75 Å². The number of hydrogen-bond donors (Lipinski definition) is 2. The predicted octanol–water partition coefficient (Wildman–Crippen LogP) is 4.88. The molecular formula is C24H15ClN4O3S. The van der Waals surface area contributed by atoms with E-state index in [1.165, 1.54) is 4.90 Å². The summed E-state index contributed by atoms with van der Waals surface area (Å²) in [6, 6.07) is 20.6. The van der Waals surface area contributed by atoms with E-state index < -0.39 is 5.91 Å². The lowest BCUT2D eigenvalue weighted by molar-refractivity contribution is -0.113. The fraction of sp³-hybridized carbons (Fsp3) is 0. The van der Waals surface area contributed by atoms with Crippen LogP contribution in [0.5, 0.6) is 5.75 Å². The van der Waals surface area contributed by atoms with Crippen molar-refractivity contribution >= 4 is 63.5 Å². The molecule has 2 N–H and O–H groups in total. The van der Waals surface area contributed by atoms with Crippen molar-refractivity contribution in [3.63, 3.8) is 0 Å². The molecule has 2 amide bonds. The monoisotopic (exact) mass is 474 g/mol. The predicted molar refractivity (Wildman–Crippen MR) is 132 cm³/mol. The summed E-state index contributed by atoms with van der Waals surface area (Å²) in [5.41, 5.74) is 2.66. The minimum Gasteiger partial charge on any atom is -0.508 e. The highest BCUT2D eigenvalue weighted by Gasteiger charge is 2.35. The largest absolute Gasteiger partial charge is 0.508 e. The zero-order valence-electron chi connectivity index (χ0n) is 16.9. The Bertz CT molecular complexity index is 1370. The van der Waals surface area contributed by atoms with Crippen LogP contribution in [-0.4, -0.2) is 27.8 Å². The quantitative estimate of drug-likeness (QED) is 0.418. The average molecular weight is 475 g/mol. The molecule has 0 aliphatic carbocycles. The van der Waals surface area contributed by atoms with E-state index in [4.69, 9.17) is 11.6 Å². The number of anilines is 2. The zero-order chi connectivity index (χ0) is 22.9. The third-order valence-electron chi connectivity index (χ3n) is 4.95. The molecule has 33 heavy (non-hydrogen) atoms. The third-order valence-corrected chi connectivity index (χ3v) is 6.14. The van der Waals surface area contributed by atoms with Crippen LogP contribution in [0.15, 0.2) is 87.9 Å². The van der Waals surface area contributed by atoms with E-state index in [-0.39, 0.29) is 17.4 Å². The summed E-state index contributed by atoms with van der Waals surface area (Å²) in [6.07, 6.45) is 1.72. The Kier molecular flexibility index (Phi) is 5.45. The lowest BCUT2D eigenvalue weighted by Gasteiger charge is -2.14. The first kappa shape index (κ1) is 21.0. The molecule has 0 saturated carbocycles. The maximum Gasteiger partial charge on any atom is 0.276 e. The van der Waals surface area contributed by atoms with Gasteiger partial charge in [0.2, 0.25) is 5.17 Å². The fourth-order valence-corrected chi connectivity index (χ4v) is 4.49. The SMILES string of the molecule is O=C1Nc2ccc(Cl)cc2C1=NN=C1SC(=Cc2ccc(O)cc2)C(=O)N1c1ccccc1. The Morgan fingerprint density at radius 3 is 2.48 bits per heavy atom. The number of thioether (sulfide) groups is 1. The van der Waals surface area contributed by atoms with E-state index in [0.29, 0.717) is 32.0 Å². The van der Waals surface area contributed by atoms with Gasteiger partial charge in [-0.05, 0) is 65.9 Å². The van der Waals surface area contributed by atoms with Crippen molar-refractivity contribution < 1.29 is 14.7 Å². The second-order valence-corrected chi connectivity index (χ2v) is 8.60. The smallest absolute Gasteiger partial charge is 0.276 e. The van der Waals surface area contributed by atoms with Crippen molar-refractivity contribution in [1.29, 1.82) is 0 Å². The van der Waals surface area contributed by atoms with E-state index in [9.17, 15) is 14.7 Å². The van der Waals surface area contributed by atoms with E-state index in [1.54, 1.807) is 60.7 Å². The molecule has 7 nitrogen and oxygen atoms in total. The number of benzene rings is 3. The van der Waals surface area contributed by atoms with Crippen molar-refractivity contribution in [3.05, 3.63) is 93.9 Å². The van der Waals surface area contributed by atoms with Gasteiger partial charge in [-0.3, -0.25) is 14.5 Å². The zero-order valence-corrected chi connectivity index (χ0v) is 18.5. The number of rotatable bonds is 3. The minimum atomic E-state index is -0.392. The van der Waals surface area contributed by atoms with Gasteiger partial charge in [-0.1, -0.05) is 41.9 Å². The van der Waals surface area contributed by atoms with E-state index in [1.807, 2.05) is 18.2 Å². The molecule has 2 heterocycles. The molecule has 2 aliphatic heterocycles. The lowest BCUT2D eigenvalue weighted by atomic mass is 10.1. The average Bonchev–Trinajstić information content (AvgIpc) is 3.29. The summed E-state index contributed by atoms with van der Waals surface area (Å²) in [7, 11) is 0. The highest BCUT2D eigenvalue weighted by atomic mass is 35.5. The Balaban J connectivity index is 1.56. The van der Waals surface area contributed by atoms with Gasteiger partial charge in [-0.15, -0.1) is 10.2 Å². The molecule has 0 radical (unpaired) electrons. The van der Waals surface area contributed by atoms with E-state index >= 15 is 0 Å². The fourth-order valence-electron chi connectivity index (χ4n) is 3.38. The number of carbonyl (C=O) groups excluding carboxylic acids is 2. The summed E-state index contributed by atoms with van der Waals surface area (Å²) >= 11 is 7.23. The molecule has 162 valence electrons. The van der Waals surface area contributed by atoms with Crippen LogP contribution >= 0.6 is 23.4 Å². The second kappa shape index (κ2) is 8.57. The number of nitrogens with one attached hydrogen (secondary N) is 1. The highest BCUT2D eigenvalue weighted by Crippen LogP contribution is 2.36. The normalized spacial score (nSPS) is 18.9. The van der Waals surface area contributed by atoms with Crippen molar-refractivity contribution in [3.8, 4) is 5.75 Å². The number of halogens is 1. The minimum absolute atomic E-state index is 0.122. The Morgan fingerprint density at radius 1 is 0.970 bits per heavy atom. The Morgan fingerprint density at radius 2 is 1.73 bits per heavy atom. The van der Waals surface area contributed by atoms with Crippen LogP contribution in [0.25, 0.3) is 6.08 Å². The molecule has 3 aromatic rings. The maximum atomic E-state index is 13.3. The van der Waals surface area contributed by atoms with Crippen LogP contribution in [0.2, 0.25) is 5.02 Å². The van der Waals surface area contributed by atoms with E-state index in [2.05, 4.69) is 15.5 Å². The van der Waals surface area contributed by atoms with Gasteiger partial charge in [0, 0.05) is 10.6 Å². The molecule has 0 unspecified atom stereocenters. The van der Waals surface area contributed by atoms with Gasteiger partial charge >= 0.3 is 0 Å². The van der Waals surface area contributed by atoms with Gasteiger partial charge < -0.3 is 10.4 Å². The second-order valence-electron chi connectivity index (χ2n) is 7.15. The number of phenols is 1. The number of fused-ring (bicyclic) bond motifs is 1. The number of amides is 2. The van der Waals surface area contributed by atoms with Crippen LogP contribution < -0.4 is 10.2 Å². The summed E-state index contributed by atoms with van der Waals surface area (Å²) in [5, 5.41) is 21.5. The van der Waals surface area contributed by atoms with Gasteiger partial charge in [-0.25, -0.2) is 0 Å². The van der Waals surface area contributed by atoms with Crippen LogP contribution in [0.1, 0.15) is 11.1 Å². The number of aromatic hydroxyl groups is 1. The molecule has 2 aliphatic rings. The van der Waals surface area contributed by atoms with E-state index in [0.717, 1.165) is 17.3 Å². The summed E-state index contributed by atoms with van der Waals surface area (Å²) in [5.74, 6) is -0.517. The molecule has 9 heteroatoms. The van der Waals surface area contributed by atoms with Crippen molar-refractivity contribution in [2.45, 2.75) is 0 Å². The molecule has 1 fully saturated rings. The molecule has 1 saturated heterocycles. The maximum absolute atomic E-state index is 13.3. The van der Waals surface area contributed by atoms with Crippen molar-refractivity contribution in [1.82, 2.24) is 0 Å². The first-order valence-corrected chi connectivity index (χ1v) is 11.0. The topological polar surface area (TPSA) is 94.4 Å². The summed E-state index contributed by atoms with van der Waals surface area (Å²) < 4.78 is 0. The van der Waals surface area contributed by atoms with Gasteiger partial charge in [0.25, 0.3) is 11.8 Å². The first-order valence-electron chi connectivity index (χ1n) is 9.84. The van der Waals surface area contributed by atoms with Crippen LogP contribution in [0, 0.1) is 0 Å². The number of phenolic OH excluding ortho intramolecular Hbond substituents is 1. The number of hydrogen-bond acceptors (Lipinski definition) is 6. The van der Waals surface area contributed by atoms with Crippen LogP contribution in [-0.2, 0) is 9.59 Å². The molecule has 5 rings (SSSR count). The lowest BCUT2D eigenvalue weighted by Crippen LogP contribution is -2.28. The third kappa shape index (κ3) is 4.13. The van der Waals surface area contributed by atoms with Crippen LogP contribution in [0.3, 0.4) is 0 Å². The van der Waals surface area contributed by atoms with Crippen LogP contribution in [0.4, 0.5) is 11.4 Å². The molecule has 0 spiro atoms. The van der Waals surface area contributed by atoms with Gasteiger partial charge in [-0.2, -0.15) is 0 Å². The number of para-hydroxylation sites is 1. The Labute approximate surface area is 198 Å². The van der Waals surface area contributed by atoms with Gasteiger partial charge in [0.15, 0.2) is 5.71 Å². The number of carbonyl (C=O) groups is 2. The number of nitrogens with zero attached hydrogens (tertiary/aromatic N) is 3. The summed E-state index contributed by atoms with van der Waals surface area (Å²) in [6.45, 7) is 0. The highest BCUT2D eigenvalue weighted by molar-refractivity contribution is 8.19. The standard InChI is InChI=1S/C24H15ClN4O3S/c25-15-8-11-19-18(13-15)21(22(31)26-19)27-28-24-29(16-4-2-1-3-5-16)23(32)20(33-24)12-14-6-9-17(30)10-7-14/h1-13,30H,(H,26,27,31). The van der Waals surface area contributed by atoms with Crippen molar-refractivity contribution in [2.24, 2.45) is 10.2 Å².